The van der Waals surface area contributed by atoms with Crippen LogP contribution in [0.2, 0.25) is 0 Å². The summed E-state index contributed by atoms with van der Waals surface area (Å²) in [5.41, 5.74) is 0.906. The average molecular weight is 360 g/mol. The topological polar surface area (TPSA) is 80.9 Å². The summed E-state index contributed by atoms with van der Waals surface area (Å²) in [5, 5.41) is 6.50. The van der Waals surface area contributed by atoms with Gasteiger partial charge in [-0.25, -0.2) is 9.98 Å². The van der Waals surface area contributed by atoms with Gasteiger partial charge >= 0.3 is 0 Å². The van der Waals surface area contributed by atoms with E-state index in [1.165, 1.54) is 0 Å². The van der Waals surface area contributed by atoms with Gasteiger partial charge in [-0.3, -0.25) is 0 Å². The number of rotatable bonds is 9. The first-order valence-corrected chi connectivity index (χ1v) is 8.84. The van der Waals surface area contributed by atoms with E-state index in [4.69, 9.17) is 13.9 Å². The molecule has 2 rings (SSSR count). The minimum absolute atomic E-state index is 0.409. The first-order valence-electron chi connectivity index (χ1n) is 8.84. The Balaban J connectivity index is 1.72. The number of aromatic nitrogens is 1. The molecule has 1 aromatic heterocycles. The minimum Gasteiger partial charge on any atom is -0.497 e. The Morgan fingerprint density at radius 3 is 2.50 bits per heavy atom. The Morgan fingerprint density at radius 2 is 1.88 bits per heavy atom. The van der Waals surface area contributed by atoms with Crippen LogP contribution in [0.5, 0.6) is 11.5 Å². The van der Waals surface area contributed by atoms with E-state index in [9.17, 15) is 0 Å². The highest BCUT2D eigenvalue weighted by molar-refractivity contribution is 5.79. The van der Waals surface area contributed by atoms with Crippen LogP contribution >= 0.6 is 0 Å². The molecule has 0 aliphatic heterocycles. The molecule has 26 heavy (non-hydrogen) atoms. The van der Waals surface area contributed by atoms with Crippen LogP contribution in [0.25, 0.3) is 0 Å². The molecule has 0 fully saturated rings. The number of guanidine groups is 1. The zero-order chi connectivity index (χ0) is 18.8. The van der Waals surface area contributed by atoms with Gasteiger partial charge in [0.15, 0.2) is 5.96 Å². The lowest BCUT2D eigenvalue weighted by Gasteiger charge is -2.11. The Morgan fingerprint density at radius 1 is 1.15 bits per heavy atom. The zero-order valence-corrected chi connectivity index (χ0v) is 16.0. The molecule has 0 unspecified atom stereocenters. The normalized spacial score (nSPS) is 11.3. The highest BCUT2D eigenvalue weighted by Crippen LogP contribution is 2.16. The SMILES string of the molecule is CCNC(=NCc1nc(C)c(C)o1)NCCCOc1ccc(OC)cc1. The molecule has 1 aromatic carbocycles. The van der Waals surface area contributed by atoms with Crippen molar-refractivity contribution in [3.05, 3.63) is 41.6 Å². The van der Waals surface area contributed by atoms with Gasteiger partial charge in [0.2, 0.25) is 5.89 Å². The second-order valence-electron chi connectivity index (χ2n) is 5.75. The molecule has 0 saturated carbocycles. The van der Waals surface area contributed by atoms with Crippen molar-refractivity contribution in [2.75, 3.05) is 26.8 Å². The molecule has 142 valence electrons. The number of aliphatic imine (C=N–C) groups is 1. The fourth-order valence-electron chi connectivity index (χ4n) is 2.24. The first-order chi connectivity index (χ1) is 12.6. The van der Waals surface area contributed by atoms with Crippen LogP contribution in [-0.4, -0.2) is 37.7 Å². The maximum Gasteiger partial charge on any atom is 0.216 e. The molecular formula is C19H28N4O3. The molecule has 0 spiro atoms. The van der Waals surface area contributed by atoms with Gasteiger partial charge in [0, 0.05) is 13.1 Å². The van der Waals surface area contributed by atoms with Gasteiger partial charge in [0.05, 0.1) is 19.4 Å². The number of nitrogens with zero attached hydrogens (tertiary/aromatic N) is 2. The summed E-state index contributed by atoms with van der Waals surface area (Å²) in [4.78, 5) is 8.84. The van der Waals surface area contributed by atoms with Crippen LogP contribution in [0.15, 0.2) is 33.7 Å². The summed E-state index contributed by atoms with van der Waals surface area (Å²) in [5.74, 6) is 3.86. The lowest BCUT2D eigenvalue weighted by atomic mass is 10.3. The molecular weight excluding hydrogens is 332 g/mol. The van der Waals surface area contributed by atoms with Gasteiger partial charge in [-0.05, 0) is 51.5 Å². The predicted octanol–water partition coefficient (Wildman–Crippen LogP) is 2.82. The monoisotopic (exact) mass is 360 g/mol. The molecule has 0 aliphatic rings. The number of hydrogen-bond donors (Lipinski definition) is 2. The lowest BCUT2D eigenvalue weighted by molar-refractivity contribution is 0.310. The fraction of sp³-hybridized carbons (Fsp3) is 0.474. The lowest BCUT2D eigenvalue weighted by Crippen LogP contribution is -2.38. The van der Waals surface area contributed by atoms with Gasteiger partial charge in [0.25, 0.3) is 0 Å². The Bertz CT molecular complexity index is 676. The number of oxazole rings is 1. The van der Waals surface area contributed by atoms with E-state index >= 15 is 0 Å². The van der Waals surface area contributed by atoms with Crippen molar-refractivity contribution in [2.24, 2.45) is 4.99 Å². The number of hydrogen-bond acceptors (Lipinski definition) is 5. The third-order valence-corrected chi connectivity index (χ3v) is 3.73. The van der Waals surface area contributed by atoms with E-state index in [0.29, 0.717) is 19.0 Å². The van der Waals surface area contributed by atoms with E-state index < -0.39 is 0 Å². The van der Waals surface area contributed by atoms with Crippen LogP contribution in [0, 0.1) is 13.8 Å². The van der Waals surface area contributed by atoms with E-state index in [1.54, 1.807) is 7.11 Å². The number of ether oxygens (including phenoxy) is 2. The largest absolute Gasteiger partial charge is 0.497 e. The third-order valence-electron chi connectivity index (χ3n) is 3.73. The number of nitrogens with one attached hydrogen (secondary N) is 2. The molecule has 0 bridgehead atoms. The molecule has 0 atom stereocenters. The van der Waals surface area contributed by atoms with Crippen LogP contribution in [0.1, 0.15) is 30.7 Å². The van der Waals surface area contributed by atoms with Gasteiger partial charge in [-0.1, -0.05) is 0 Å². The second kappa shape index (κ2) is 10.3. The van der Waals surface area contributed by atoms with E-state index in [2.05, 4.69) is 20.6 Å². The van der Waals surface area contributed by atoms with Gasteiger partial charge in [-0.2, -0.15) is 0 Å². The fourth-order valence-corrected chi connectivity index (χ4v) is 2.24. The molecule has 7 heteroatoms. The Kier molecular flexibility index (Phi) is 7.79. The highest BCUT2D eigenvalue weighted by Gasteiger charge is 2.05. The summed E-state index contributed by atoms with van der Waals surface area (Å²) >= 11 is 0. The van der Waals surface area contributed by atoms with Crippen molar-refractivity contribution in [2.45, 2.75) is 33.7 Å². The Labute approximate surface area is 154 Å². The molecule has 0 saturated heterocycles. The minimum atomic E-state index is 0.409. The Hall–Kier alpha value is -2.70. The molecule has 7 nitrogen and oxygen atoms in total. The summed E-state index contributed by atoms with van der Waals surface area (Å²) in [6, 6.07) is 7.57. The van der Waals surface area contributed by atoms with Crippen molar-refractivity contribution >= 4 is 5.96 Å². The van der Waals surface area contributed by atoms with Gasteiger partial charge in [-0.15, -0.1) is 0 Å². The summed E-state index contributed by atoms with van der Waals surface area (Å²) in [6.07, 6.45) is 0.855. The van der Waals surface area contributed by atoms with Crippen LogP contribution < -0.4 is 20.1 Å². The number of methoxy groups -OCH3 is 1. The van der Waals surface area contributed by atoms with Gasteiger partial charge in [0.1, 0.15) is 23.8 Å². The van der Waals surface area contributed by atoms with E-state index in [1.807, 2.05) is 45.0 Å². The summed E-state index contributed by atoms with van der Waals surface area (Å²) < 4.78 is 16.4. The summed E-state index contributed by atoms with van der Waals surface area (Å²) in [7, 11) is 1.65. The molecule has 0 radical (unpaired) electrons. The van der Waals surface area contributed by atoms with E-state index in [-0.39, 0.29) is 0 Å². The third kappa shape index (κ3) is 6.31. The summed E-state index contributed by atoms with van der Waals surface area (Å²) in [6.45, 7) is 8.44. The van der Waals surface area contributed by atoms with Gasteiger partial charge < -0.3 is 24.5 Å². The van der Waals surface area contributed by atoms with Crippen LogP contribution in [0.3, 0.4) is 0 Å². The predicted molar refractivity (Wildman–Crippen MR) is 102 cm³/mol. The number of benzene rings is 1. The maximum atomic E-state index is 5.71. The molecule has 2 aromatic rings. The van der Waals surface area contributed by atoms with Crippen molar-refractivity contribution in [3.8, 4) is 11.5 Å². The molecule has 1 heterocycles. The van der Waals surface area contributed by atoms with Crippen molar-refractivity contribution in [1.29, 1.82) is 0 Å². The quantitative estimate of drug-likeness (QED) is 0.407. The first kappa shape index (κ1) is 19.6. The molecule has 0 amide bonds. The van der Waals surface area contributed by atoms with Crippen LogP contribution in [-0.2, 0) is 6.54 Å². The molecule has 2 N–H and O–H groups in total. The average Bonchev–Trinajstić information content (AvgIpc) is 2.97. The standard InChI is InChI=1S/C19H28N4O3/c1-5-20-19(22-13-18-23-14(2)15(3)26-18)21-11-6-12-25-17-9-7-16(24-4)8-10-17/h7-10H,5-6,11-13H2,1-4H3,(H2,20,21,22). The zero-order valence-electron chi connectivity index (χ0n) is 16.0. The second-order valence-corrected chi connectivity index (χ2v) is 5.75. The maximum absolute atomic E-state index is 5.71. The van der Waals surface area contributed by atoms with Crippen molar-refractivity contribution < 1.29 is 13.9 Å². The smallest absolute Gasteiger partial charge is 0.216 e. The van der Waals surface area contributed by atoms with Crippen molar-refractivity contribution in [1.82, 2.24) is 15.6 Å². The van der Waals surface area contributed by atoms with Crippen LogP contribution in [0.4, 0.5) is 0 Å². The van der Waals surface area contributed by atoms with Crippen molar-refractivity contribution in [3.63, 3.8) is 0 Å². The highest BCUT2D eigenvalue weighted by atomic mass is 16.5. The number of aryl methyl sites for hydroxylation is 2. The van der Waals surface area contributed by atoms with E-state index in [0.717, 1.165) is 48.4 Å². The molecule has 0 aliphatic carbocycles.